The van der Waals surface area contributed by atoms with Crippen molar-refractivity contribution >= 4 is 29.8 Å². The normalized spacial score (nSPS) is 10.5. The molecule has 0 bridgehead atoms. The zero-order valence-corrected chi connectivity index (χ0v) is 12.1. The Morgan fingerprint density at radius 3 is 2.81 bits per heavy atom. The third-order valence-corrected chi connectivity index (χ3v) is 3.57. The number of amides is 1. The van der Waals surface area contributed by atoms with Gasteiger partial charge in [0.25, 0.3) is 0 Å². The summed E-state index contributed by atoms with van der Waals surface area (Å²) in [7, 11) is 0. The lowest BCUT2D eigenvalue weighted by Crippen LogP contribution is -2.24. The maximum Gasteiger partial charge on any atom is 0.407 e. The highest BCUT2D eigenvalue weighted by atomic mass is 32.1. The molecule has 0 atom stereocenters. The summed E-state index contributed by atoms with van der Waals surface area (Å²) in [4.78, 5) is 22.9. The van der Waals surface area contributed by atoms with Crippen LogP contribution in [-0.4, -0.2) is 18.9 Å². The minimum absolute atomic E-state index is 0.246. The van der Waals surface area contributed by atoms with Gasteiger partial charge in [-0.2, -0.15) is 0 Å². The molecular formula is C16H15NO3S. The highest BCUT2D eigenvalue weighted by Crippen LogP contribution is 2.15. The van der Waals surface area contributed by atoms with Crippen LogP contribution in [0.1, 0.15) is 20.8 Å². The second kappa shape index (κ2) is 8.01. The van der Waals surface area contributed by atoms with Crippen molar-refractivity contribution in [3.05, 3.63) is 63.9 Å². The topological polar surface area (TPSA) is 55.4 Å². The van der Waals surface area contributed by atoms with Crippen LogP contribution >= 0.6 is 11.3 Å². The fourth-order valence-corrected chi connectivity index (χ4v) is 2.36. The van der Waals surface area contributed by atoms with Crippen LogP contribution in [-0.2, 0) is 11.3 Å². The van der Waals surface area contributed by atoms with Crippen LogP contribution < -0.4 is 5.32 Å². The van der Waals surface area contributed by atoms with Gasteiger partial charge in [-0.1, -0.05) is 42.5 Å². The number of thiophene rings is 1. The number of carbonyl (C=O) groups excluding carboxylic acids is 2. The maximum absolute atomic E-state index is 11.5. The van der Waals surface area contributed by atoms with E-state index in [0.717, 1.165) is 17.4 Å². The second-order valence-electron chi connectivity index (χ2n) is 4.20. The minimum atomic E-state index is -0.468. The summed E-state index contributed by atoms with van der Waals surface area (Å²) in [5.41, 5.74) is 1.80. The van der Waals surface area contributed by atoms with Crippen molar-refractivity contribution in [1.82, 2.24) is 5.32 Å². The van der Waals surface area contributed by atoms with Crippen LogP contribution in [0.3, 0.4) is 0 Å². The van der Waals surface area contributed by atoms with Gasteiger partial charge in [-0.25, -0.2) is 4.79 Å². The molecule has 0 spiro atoms. The van der Waals surface area contributed by atoms with E-state index in [0.29, 0.717) is 11.4 Å². The van der Waals surface area contributed by atoms with Crippen molar-refractivity contribution in [2.24, 2.45) is 0 Å². The first-order valence-electron chi connectivity index (χ1n) is 6.43. The average Bonchev–Trinajstić information content (AvgIpc) is 2.98. The molecule has 0 unspecified atom stereocenters. The average molecular weight is 301 g/mol. The zero-order chi connectivity index (χ0) is 14.9. The van der Waals surface area contributed by atoms with Crippen LogP contribution in [0.25, 0.3) is 6.08 Å². The molecule has 0 aliphatic heterocycles. The summed E-state index contributed by atoms with van der Waals surface area (Å²) >= 11 is 1.39. The molecule has 4 nitrogen and oxygen atoms in total. The lowest BCUT2D eigenvalue weighted by atomic mass is 10.2. The van der Waals surface area contributed by atoms with Gasteiger partial charge in [-0.15, -0.1) is 11.3 Å². The molecule has 1 aromatic heterocycles. The van der Waals surface area contributed by atoms with E-state index in [4.69, 9.17) is 4.74 Å². The molecule has 1 N–H and O–H groups in total. The fourth-order valence-electron chi connectivity index (χ4n) is 1.67. The Morgan fingerprint density at radius 2 is 2.05 bits per heavy atom. The van der Waals surface area contributed by atoms with Crippen LogP contribution in [0.5, 0.6) is 0 Å². The predicted molar refractivity (Wildman–Crippen MR) is 83.4 cm³/mol. The first-order chi connectivity index (χ1) is 10.3. The molecule has 2 aromatic rings. The van der Waals surface area contributed by atoms with Gasteiger partial charge in [0.05, 0.1) is 4.88 Å². The Hall–Kier alpha value is -2.40. The Kier molecular flexibility index (Phi) is 5.72. The van der Waals surface area contributed by atoms with E-state index < -0.39 is 6.09 Å². The van der Waals surface area contributed by atoms with E-state index in [1.807, 2.05) is 41.8 Å². The largest absolute Gasteiger partial charge is 0.445 e. The van der Waals surface area contributed by atoms with Crippen molar-refractivity contribution < 1.29 is 14.3 Å². The van der Waals surface area contributed by atoms with Gasteiger partial charge in [0.2, 0.25) is 0 Å². The summed E-state index contributed by atoms with van der Waals surface area (Å²) in [5.74, 6) is 0. The van der Waals surface area contributed by atoms with Gasteiger partial charge in [0.15, 0.2) is 6.29 Å². The third-order valence-electron chi connectivity index (χ3n) is 2.71. The first-order valence-corrected chi connectivity index (χ1v) is 7.31. The summed E-state index contributed by atoms with van der Waals surface area (Å²) in [6.45, 7) is 0.595. The molecule has 1 amide bonds. The number of ether oxygens (including phenoxy) is 1. The van der Waals surface area contributed by atoms with E-state index in [9.17, 15) is 9.59 Å². The van der Waals surface area contributed by atoms with Crippen LogP contribution in [0, 0.1) is 0 Å². The van der Waals surface area contributed by atoms with Crippen molar-refractivity contribution in [2.75, 3.05) is 6.54 Å². The highest BCUT2D eigenvalue weighted by molar-refractivity contribution is 7.11. The molecule has 1 aromatic carbocycles. The van der Waals surface area contributed by atoms with Gasteiger partial charge in [0.1, 0.15) is 6.61 Å². The predicted octanol–water partition coefficient (Wildman–Crippen LogP) is 3.50. The Morgan fingerprint density at radius 1 is 1.24 bits per heavy atom. The van der Waals surface area contributed by atoms with Gasteiger partial charge in [-0.05, 0) is 22.6 Å². The molecule has 5 heteroatoms. The lowest BCUT2D eigenvalue weighted by Gasteiger charge is -2.05. The number of benzene rings is 1. The van der Waals surface area contributed by atoms with Crippen molar-refractivity contribution in [3.8, 4) is 0 Å². The number of hydrogen-bond acceptors (Lipinski definition) is 4. The SMILES string of the molecule is O=Cc1sccc1C=CCNC(=O)OCc1ccccc1. The lowest BCUT2D eigenvalue weighted by molar-refractivity contribution is 0.112. The van der Waals surface area contributed by atoms with Gasteiger partial charge in [0, 0.05) is 6.54 Å². The summed E-state index contributed by atoms with van der Waals surface area (Å²) in [6.07, 6.45) is 3.94. The fraction of sp³-hybridized carbons (Fsp3) is 0.125. The van der Waals surface area contributed by atoms with E-state index >= 15 is 0 Å². The van der Waals surface area contributed by atoms with E-state index in [2.05, 4.69) is 5.32 Å². The molecule has 0 aliphatic carbocycles. The number of carbonyl (C=O) groups is 2. The number of rotatable bonds is 6. The van der Waals surface area contributed by atoms with E-state index in [1.54, 1.807) is 12.2 Å². The molecule has 0 fully saturated rings. The molecule has 1 heterocycles. The Bertz CT molecular complexity index is 619. The van der Waals surface area contributed by atoms with Gasteiger partial charge in [-0.3, -0.25) is 4.79 Å². The Labute approximate surface area is 127 Å². The highest BCUT2D eigenvalue weighted by Gasteiger charge is 2.01. The van der Waals surface area contributed by atoms with Crippen LogP contribution in [0.15, 0.2) is 47.9 Å². The monoisotopic (exact) mass is 301 g/mol. The molecule has 21 heavy (non-hydrogen) atoms. The van der Waals surface area contributed by atoms with Crippen molar-refractivity contribution in [3.63, 3.8) is 0 Å². The standard InChI is InChI=1S/C16H15NO3S/c18-11-15-14(8-10-21-15)7-4-9-17-16(19)20-12-13-5-2-1-3-6-13/h1-8,10-11H,9,12H2,(H,17,19). The zero-order valence-electron chi connectivity index (χ0n) is 11.3. The molecule has 108 valence electrons. The number of aldehydes is 1. The van der Waals surface area contributed by atoms with E-state index in [1.165, 1.54) is 11.3 Å². The quantitative estimate of drug-likeness (QED) is 0.831. The molecular weight excluding hydrogens is 286 g/mol. The second-order valence-corrected chi connectivity index (χ2v) is 5.15. The van der Waals surface area contributed by atoms with Gasteiger partial charge >= 0.3 is 6.09 Å². The van der Waals surface area contributed by atoms with E-state index in [-0.39, 0.29) is 6.61 Å². The number of alkyl carbamates (subject to hydrolysis) is 1. The molecule has 0 saturated carbocycles. The number of nitrogens with one attached hydrogen (secondary N) is 1. The van der Waals surface area contributed by atoms with Crippen molar-refractivity contribution in [2.45, 2.75) is 6.61 Å². The van der Waals surface area contributed by atoms with Crippen LogP contribution in [0.4, 0.5) is 4.79 Å². The molecule has 0 aliphatic rings. The Balaban J connectivity index is 1.71. The summed E-state index contributed by atoms with van der Waals surface area (Å²) < 4.78 is 5.07. The van der Waals surface area contributed by atoms with Gasteiger partial charge < -0.3 is 10.1 Å². The third kappa shape index (κ3) is 4.89. The molecule has 0 saturated heterocycles. The molecule has 0 radical (unpaired) electrons. The molecule has 2 rings (SSSR count). The number of hydrogen-bond donors (Lipinski definition) is 1. The summed E-state index contributed by atoms with van der Waals surface area (Å²) in [5, 5.41) is 4.47. The summed E-state index contributed by atoms with van der Waals surface area (Å²) in [6, 6.07) is 11.3. The van der Waals surface area contributed by atoms with Crippen LogP contribution in [0.2, 0.25) is 0 Å². The minimum Gasteiger partial charge on any atom is -0.445 e. The maximum atomic E-state index is 11.5. The first kappa shape index (κ1) is 15.0. The van der Waals surface area contributed by atoms with Crippen molar-refractivity contribution in [1.29, 1.82) is 0 Å². The smallest absolute Gasteiger partial charge is 0.407 e.